The fraction of sp³-hybridized carbons (Fsp3) is 0.909. The van der Waals surface area contributed by atoms with E-state index in [4.69, 9.17) is 0 Å². The zero-order valence-electron chi connectivity index (χ0n) is 16.3. The fourth-order valence-corrected chi connectivity index (χ4v) is 7.79. The van der Waals surface area contributed by atoms with E-state index in [1.54, 1.807) is 5.57 Å². The summed E-state index contributed by atoms with van der Waals surface area (Å²) in [5, 5.41) is 24.2. The highest BCUT2D eigenvalue weighted by Gasteiger charge is 2.60. The van der Waals surface area contributed by atoms with Gasteiger partial charge in [-0.25, -0.2) is 0 Å². The minimum atomic E-state index is -0.287. The van der Waals surface area contributed by atoms with Gasteiger partial charge < -0.3 is 15.5 Å². The summed E-state index contributed by atoms with van der Waals surface area (Å²) in [4.78, 5) is 0. The second kappa shape index (κ2) is 6.35. The topological polar surface area (TPSA) is 52.5 Å². The lowest BCUT2D eigenvalue weighted by atomic mass is 9.47. The van der Waals surface area contributed by atoms with Crippen molar-refractivity contribution in [2.45, 2.75) is 77.4 Å². The van der Waals surface area contributed by atoms with Crippen molar-refractivity contribution in [2.24, 2.45) is 34.5 Å². The maximum Gasteiger partial charge on any atom is 0.0546 e. The van der Waals surface area contributed by atoms with Crippen LogP contribution in [0.15, 0.2) is 11.6 Å². The van der Waals surface area contributed by atoms with E-state index in [-0.39, 0.29) is 18.1 Å². The summed E-state index contributed by atoms with van der Waals surface area (Å²) in [5.41, 5.74) is 2.07. The van der Waals surface area contributed by atoms with Gasteiger partial charge in [0.25, 0.3) is 0 Å². The number of hydrogen-bond donors (Lipinski definition) is 3. The summed E-state index contributed by atoms with van der Waals surface area (Å²) in [6.45, 7) is 4.75. The van der Waals surface area contributed by atoms with E-state index in [0.717, 1.165) is 18.8 Å². The standard InChI is InChI=1S/C22H37NO2/c1-14(25)18-6-7-20-17-5-4-15-12-16(23-3)8-10-21(15,2)19(17)9-11-22(18,20)13-24/h4,14,16-20,23-25H,5-13H2,1-3H3. The van der Waals surface area contributed by atoms with Gasteiger partial charge in [-0.15, -0.1) is 0 Å². The molecule has 0 radical (unpaired) electrons. The van der Waals surface area contributed by atoms with E-state index in [9.17, 15) is 10.2 Å². The van der Waals surface area contributed by atoms with Crippen molar-refractivity contribution in [1.29, 1.82) is 0 Å². The van der Waals surface area contributed by atoms with E-state index < -0.39 is 0 Å². The van der Waals surface area contributed by atoms with Gasteiger partial charge in [-0.1, -0.05) is 18.6 Å². The molecule has 0 saturated heterocycles. The van der Waals surface area contributed by atoms with Gasteiger partial charge in [-0.2, -0.15) is 0 Å². The van der Waals surface area contributed by atoms with Crippen molar-refractivity contribution in [3.8, 4) is 0 Å². The number of nitrogens with one attached hydrogen (secondary N) is 1. The molecule has 8 atom stereocenters. The van der Waals surface area contributed by atoms with Gasteiger partial charge in [-0.05, 0) is 94.4 Å². The second-order valence-electron chi connectivity index (χ2n) is 9.84. The minimum Gasteiger partial charge on any atom is -0.396 e. The van der Waals surface area contributed by atoms with Crippen LogP contribution in [0.5, 0.6) is 0 Å². The van der Waals surface area contributed by atoms with Gasteiger partial charge in [0.15, 0.2) is 0 Å². The first-order valence-electron chi connectivity index (χ1n) is 10.6. The maximum atomic E-state index is 10.4. The van der Waals surface area contributed by atoms with E-state index in [1.165, 1.54) is 38.5 Å². The highest BCUT2D eigenvalue weighted by atomic mass is 16.3. The number of hydrogen-bond acceptors (Lipinski definition) is 3. The maximum absolute atomic E-state index is 10.4. The zero-order valence-corrected chi connectivity index (χ0v) is 16.3. The monoisotopic (exact) mass is 347 g/mol. The Bertz CT molecular complexity index is 544. The van der Waals surface area contributed by atoms with Crippen LogP contribution in [0.3, 0.4) is 0 Å². The molecule has 0 heterocycles. The van der Waals surface area contributed by atoms with Gasteiger partial charge in [0.1, 0.15) is 0 Å². The Kier molecular flexibility index (Phi) is 4.57. The zero-order chi connectivity index (χ0) is 17.8. The Morgan fingerprint density at radius 3 is 2.68 bits per heavy atom. The summed E-state index contributed by atoms with van der Waals surface area (Å²) in [5.74, 6) is 2.39. The summed E-state index contributed by atoms with van der Waals surface area (Å²) in [7, 11) is 2.10. The predicted molar refractivity (Wildman–Crippen MR) is 101 cm³/mol. The van der Waals surface area contributed by atoms with E-state index in [1.807, 2.05) is 6.92 Å². The Balaban J connectivity index is 1.64. The van der Waals surface area contributed by atoms with Crippen LogP contribution in [-0.2, 0) is 0 Å². The largest absolute Gasteiger partial charge is 0.396 e. The van der Waals surface area contributed by atoms with E-state index >= 15 is 0 Å². The SMILES string of the molecule is CNC1CCC2(C)C(=CCC3C2CCC2(CO)C(C(C)O)CCC32)C1. The summed E-state index contributed by atoms with van der Waals surface area (Å²) < 4.78 is 0. The molecular formula is C22H37NO2. The van der Waals surface area contributed by atoms with Crippen LogP contribution in [0.2, 0.25) is 0 Å². The molecule has 142 valence electrons. The summed E-state index contributed by atoms with van der Waals surface area (Å²) in [6.07, 6.45) is 12.0. The Morgan fingerprint density at radius 1 is 1.20 bits per heavy atom. The molecule has 4 aliphatic carbocycles. The molecule has 8 unspecified atom stereocenters. The molecule has 3 saturated carbocycles. The first kappa shape index (κ1) is 18.0. The van der Waals surface area contributed by atoms with Gasteiger partial charge in [0, 0.05) is 18.1 Å². The second-order valence-corrected chi connectivity index (χ2v) is 9.84. The van der Waals surface area contributed by atoms with Crippen LogP contribution in [0.1, 0.15) is 65.2 Å². The first-order valence-corrected chi connectivity index (χ1v) is 10.6. The highest BCUT2D eigenvalue weighted by Crippen LogP contribution is 2.66. The lowest BCUT2D eigenvalue weighted by Crippen LogP contribution is -2.53. The average Bonchev–Trinajstić information content (AvgIpc) is 3.01. The molecule has 3 fully saturated rings. The molecule has 0 amide bonds. The quantitative estimate of drug-likeness (QED) is 0.685. The van der Waals surface area contributed by atoms with Gasteiger partial charge in [0.05, 0.1) is 6.10 Å². The smallest absolute Gasteiger partial charge is 0.0546 e. The third-order valence-corrected chi connectivity index (χ3v) is 9.17. The first-order chi connectivity index (χ1) is 12.0. The van der Waals surface area contributed by atoms with Crippen molar-refractivity contribution in [2.75, 3.05) is 13.7 Å². The molecule has 4 rings (SSSR count). The molecule has 3 N–H and O–H groups in total. The third-order valence-electron chi connectivity index (χ3n) is 9.17. The molecule has 0 bridgehead atoms. The number of rotatable bonds is 3. The normalized spacial score (nSPS) is 50.4. The van der Waals surface area contributed by atoms with Crippen molar-refractivity contribution in [3.63, 3.8) is 0 Å². The number of fused-ring (bicyclic) bond motifs is 5. The molecule has 0 aromatic heterocycles. The minimum absolute atomic E-state index is 0.0147. The number of aliphatic hydroxyl groups excluding tert-OH is 2. The molecule has 0 aromatic rings. The molecule has 3 heteroatoms. The van der Waals surface area contributed by atoms with Crippen LogP contribution < -0.4 is 5.32 Å². The van der Waals surface area contributed by atoms with Crippen LogP contribution in [0.25, 0.3) is 0 Å². The predicted octanol–water partition coefficient (Wildman–Crippen LogP) is 3.51. The third kappa shape index (κ3) is 2.49. The van der Waals surface area contributed by atoms with Gasteiger partial charge >= 0.3 is 0 Å². The van der Waals surface area contributed by atoms with Gasteiger partial charge in [-0.3, -0.25) is 0 Å². The Morgan fingerprint density at radius 2 is 2.00 bits per heavy atom. The Labute approximate surface area is 153 Å². The number of allylic oxidation sites excluding steroid dienone is 1. The van der Waals surface area contributed by atoms with Gasteiger partial charge in [0.2, 0.25) is 0 Å². The van der Waals surface area contributed by atoms with Crippen LogP contribution in [0, 0.1) is 34.5 Å². The molecule has 0 aromatic carbocycles. The van der Waals surface area contributed by atoms with Crippen LogP contribution >= 0.6 is 0 Å². The van der Waals surface area contributed by atoms with Crippen LogP contribution in [-0.4, -0.2) is 36.0 Å². The lowest BCUT2D eigenvalue weighted by molar-refractivity contribution is -0.0972. The van der Waals surface area contributed by atoms with Crippen molar-refractivity contribution < 1.29 is 10.2 Å². The summed E-state index contributed by atoms with van der Waals surface area (Å²) in [6, 6.07) is 0.655. The molecule has 25 heavy (non-hydrogen) atoms. The lowest BCUT2D eigenvalue weighted by Gasteiger charge is -2.58. The average molecular weight is 348 g/mol. The van der Waals surface area contributed by atoms with E-state index in [2.05, 4.69) is 25.4 Å². The molecule has 4 aliphatic rings. The fourth-order valence-electron chi connectivity index (χ4n) is 7.79. The highest BCUT2D eigenvalue weighted by molar-refractivity contribution is 5.26. The van der Waals surface area contributed by atoms with Crippen LogP contribution in [0.4, 0.5) is 0 Å². The number of aliphatic hydroxyl groups is 2. The summed E-state index contributed by atoms with van der Waals surface area (Å²) >= 11 is 0. The van der Waals surface area contributed by atoms with E-state index in [0.29, 0.717) is 29.2 Å². The van der Waals surface area contributed by atoms with Crippen molar-refractivity contribution in [3.05, 3.63) is 11.6 Å². The molecule has 3 nitrogen and oxygen atoms in total. The Hall–Kier alpha value is -0.380. The van der Waals surface area contributed by atoms with Crippen molar-refractivity contribution in [1.82, 2.24) is 5.32 Å². The molecule has 0 aliphatic heterocycles. The molecule has 0 spiro atoms. The van der Waals surface area contributed by atoms with Crippen molar-refractivity contribution >= 4 is 0 Å². The molecular weight excluding hydrogens is 310 g/mol.